The van der Waals surface area contributed by atoms with Gasteiger partial charge in [0.15, 0.2) is 0 Å². The van der Waals surface area contributed by atoms with Crippen molar-refractivity contribution in [1.82, 2.24) is 14.9 Å². The monoisotopic (exact) mass is 544 g/mol. The average molecular weight is 544 g/mol. The molecule has 3 N–H and O–H groups in total. The molecule has 3 rings (SSSR count). The van der Waals surface area contributed by atoms with Crippen LogP contribution in [0.4, 0.5) is 39.9 Å². The van der Waals surface area contributed by atoms with Crippen molar-refractivity contribution in [3.05, 3.63) is 59.4 Å². The molecule has 36 heavy (non-hydrogen) atoms. The van der Waals surface area contributed by atoms with Crippen LogP contribution in [0.3, 0.4) is 0 Å². The third-order valence-corrected chi connectivity index (χ3v) is 6.06. The second-order valence-electron chi connectivity index (χ2n) is 8.31. The molecule has 1 aliphatic rings. The highest BCUT2D eigenvalue weighted by molar-refractivity contribution is 7.89. The fourth-order valence-corrected chi connectivity index (χ4v) is 4.75. The zero-order valence-corrected chi connectivity index (χ0v) is 19.3. The van der Waals surface area contributed by atoms with E-state index in [1.807, 2.05) is 4.72 Å². The standard InChI is InChI=1S/C21H20F8N4O2S/c1-36(30,35)32-18-16(33(10-20(18,25)26)19(34)31-9-21(27,28)29)7-11-3-2-4-15(17(11)24)12-5-13(22)8-14(23)6-12/h2-6,8,16,18H,7,9-10H2,1H3,(H,31,34)(H2,30,32,35)/t16-,18+,36?/m0/s1. The molecule has 0 bridgehead atoms. The summed E-state index contributed by atoms with van der Waals surface area (Å²) in [5.41, 5.74) is -0.818. The van der Waals surface area contributed by atoms with Crippen LogP contribution in [0.15, 0.2) is 36.4 Å². The first-order valence-electron chi connectivity index (χ1n) is 10.2. The van der Waals surface area contributed by atoms with E-state index in [2.05, 4.69) is 0 Å². The second-order valence-corrected chi connectivity index (χ2v) is 10.2. The van der Waals surface area contributed by atoms with Crippen LogP contribution in [0.25, 0.3) is 11.1 Å². The number of nitrogens with zero attached hydrogens (tertiary/aromatic N) is 1. The van der Waals surface area contributed by atoms with E-state index in [4.69, 9.17) is 4.78 Å². The third kappa shape index (κ3) is 6.63. The Kier molecular flexibility index (Phi) is 7.56. The number of hydrogen-bond acceptors (Lipinski definition) is 3. The van der Waals surface area contributed by atoms with Crippen LogP contribution in [-0.2, 0) is 16.3 Å². The Morgan fingerprint density at radius 2 is 1.78 bits per heavy atom. The topological polar surface area (TPSA) is 85.3 Å². The summed E-state index contributed by atoms with van der Waals surface area (Å²) in [7, 11) is -3.80. The maximum absolute atomic E-state index is 15.4. The molecular formula is C21H20F8N4O2S. The smallest absolute Gasteiger partial charge is 0.329 e. The van der Waals surface area contributed by atoms with E-state index in [-0.39, 0.29) is 16.7 Å². The van der Waals surface area contributed by atoms with Crippen LogP contribution in [0.2, 0.25) is 0 Å². The van der Waals surface area contributed by atoms with Gasteiger partial charge in [-0.25, -0.2) is 40.5 Å². The van der Waals surface area contributed by atoms with Gasteiger partial charge in [-0.1, -0.05) is 18.2 Å². The van der Waals surface area contributed by atoms with E-state index in [0.29, 0.717) is 11.0 Å². The van der Waals surface area contributed by atoms with E-state index in [1.165, 1.54) is 17.4 Å². The van der Waals surface area contributed by atoms with Gasteiger partial charge in [-0.3, -0.25) is 0 Å². The number of benzene rings is 2. The largest absolute Gasteiger partial charge is 0.405 e. The predicted octanol–water partition coefficient (Wildman–Crippen LogP) is 4.45. The molecule has 2 amide bonds. The van der Waals surface area contributed by atoms with Gasteiger partial charge in [0.25, 0.3) is 5.92 Å². The zero-order valence-electron chi connectivity index (χ0n) is 18.4. The normalized spacial score (nSPS) is 21.3. The van der Waals surface area contributed by atoms with Crippen molar-refractivity contribution in [2.24, 2.45) is 0 Å². The third-order valence-electron chi connectivity index (χ3n) is 5.36. The van der Waals surface area contributed by atoms with Crippen molar-refractivity contribution >= 4 is 15.9 Å². The van der Waals surface area contributed by atoms with Gasteiger partial charge in [-0.2, -0.15) is 13.2 Å². The first kappa shape index (κ1) is 27.6. The molecule has 1 aliphatic heterocycles. The quantitative estimate of drug-likeness (QED) is 0.470. The maximum atomic E-state index is 15.4. The summed E-state index contributed by atoms with van der Waals surface area (Å²) < 4.78 is 131. The summed E-state index contributed by atoms with van der Waals surface area (Å²) in [5, 5.41) is 1.47. The number of urea groups is 1. The van der Waals surface area contributed by atoms with Crippen LogP contribution in [0.5, 0.6) is 0 Å². The zero-order chi connectivity index (χ0) is 27.1. The molecule has 0 saturated carbocycles. The molecule has 0 spiro atoms. The van der Waals surface area contributed by atoms with Gasteiger partial charge in [-0.15, -0.1) is 0 Å². The molecule has 1 fully saturated rings. The minimum absolute atomic E-state index is 0.208. The lowest BCUT2D eigenvalue weighted by Gasteiger charge is -2.29. The minimum atomic E-state index is -4.84. The number of hydrogen-bond donors (Lipinski definition) is 3. The summed E-state index contributed by atoms with van der Waals surface area (Å²) >= 11 is 0. The molecule has 1 heterocycles. The average Bonchev–Trinajstić information content (AvgIpc) is 2.95. The van der Waals surface area contributed by atoms with Crippen LogP contribution in [0, 0.1) is 22.2 Å². The minimum Gasteiger partial charge on any atom is -0.329 e. The van der Waals surface area contributed by atoms with Crippen molar-refractivity contribution in [3.63, 3.8) is 0 Å². The lowest BCUT2D eigenvalue weighted by Crippen LogP contribution is -2.53. The van der Waals surface area contributed by atoms with E-state index in [9.17, 15) is 39.7 Å². The number of rotatable bonds is 6. The fourth-order valence-electron chi connectivity index (χ4n) is 3.93. The molecule has 6 nitrogen and oxygen atoms in total. The summed E-state index contributed by atoms with van der Waals surface area (Å²) in [6, 6.07) is 0.339. The number of amides is 2. The summed E-state index contributed by atoms with van der Waals surface area (Å²) in [4.78, 5) is 12.7. The van der Waals surface area contributed by atoms with Crippen LogP contribution in [-0.4, -0.2) is 58.7 Å². The first-order chi connectivity index (χ1) is 16.5. The van der Waals surface area contributed by atoms with Crippen LogP contribution >= 0.6 is 0 Å². The number of nitrogens with one attached hydrogen (secondary N) is 3. The lowest BCUT2D eigenvalue weighted by molar-refractivity contribution is -0.123. The highest BCUT2D eigenvalue weighted by Gasteiger charge is 2.56. The van der Waals surface area contributed by atoms with E-state index < -0.39 is 77.1 Å². The second kappa shape index (κ2) is 9.84. The molecule has 0 aromatic heterocycles. The van der Waals surface area contributed by atoms with Crippen LogP contribution < -0.4 is 10.0 Å². The Morgan fingerprint density at radius 1 is 1.17 bits per heavy atom. The van der Waals surface area contributed by atoms with E-state index in [0.717, 1.165) is 24.5 Å². The predicted molar refractivity (Wildman–Crippen MR) is 114 cm³/mol. The van der Waals surface area contributed by atoms with Gasteiger partial charge < -0.3 is 10.2 Å². The van der Waals surface area contributed by atoms with Gasteiger partial charge >= 0.3 is 12.2 Å². The highest BCUT2D eigenvalue weighted by atomic mass is 32.2. The van der Waals surface area contributed by atoms with Gasteiger partial charge in [0, 0.05) is 17.9 Å². The number of carbonyl (C=O) groups excluding carboxylic acids is 1. The van der Waals surface area contributed by atoms with Crippen molar-refractivity contribution in [2.45, 2.75) is 30.6 Å². The van der Waals surface area contributed by atoms with E-state index in [1.54, 1.807) is 0 Å². The number of halogens is 8. The van der Waals surface area contributed by atoms with Gasteiger partial charge in [0.2, 0.25) is 0 Å². The molecule has 2 aromatic rings. The maximum Gasteiger partial charge on any atom is 0.405 e. The van der Waals surface area contributed by atoms with Crippen molar-refractivity contribution < 1.29 is 44.1 Å². The molecule has 2 aromatic carbocycles. The fraction of sp³-hybridized carbons (Fsp3) is 0.381. The molecule has 0 aliphatic carbocycles. The highest BCUT2D eigenvalue weighted by Crippen LogP contribution is 2.36. The summed E-state index contributed by atoms with van der Waals surface area (Å²) in [5.74, 6) is -6.93. The Hall–Kier alpha value is -2.94. The number of likely N-dealkylation sites (tertiary alicyclic amines) is 1. The number of alkyl halides is 5. The Bertz CT molecular complexity index is 1230. The molecule has 15 heteroatoms. The molecule has 1 saturated heterocycles. The van der Waals surface area contributed by atoms with Gasteiger partial charge in [-0.05, 0) is 29.7 Å². The van der Waals surface area contributed by atoms with Gasteiger partial charge in [0.05, 0.1) is 12.6 Å². The molecule has 1 unspecified atom stereocenters. The van der Waals surface area contributed by atoms with Crippen molar-refractivity contribution in [1.29, 1.82) is 4.78 Å². The molecular weight excluding hydrogens is 524 g/mol. The Morgan fingerprint density at radius 3 is 2.33 bits per heavy atom. The first-order valence-corrected chi connectivity index (χ1v) is 12.2. The van der Waals surface area contributed by atoms with Crippen molar-refractivity contribution in [2.75, 3.05) is 19.3 Å². The number of carbonyl (C=O) groups is 1. The van der Waals surface area contributed by atoms with Crippen molar-refractivity contribution in [3.8, 4) is 11.1 Å². The Labute approximate surface area is 200 Å². The Balaban J connectivity index is 2.01. The van der Waals surface area contributed by atoms with E-state index >= 15 is 4.39 Å². The lowest BCUT2D eigenvalue weighted by atomic mass is 9.95. The molecule has 3 atom stereocenters. The summed E-state index contributed by atoms with van der Waals surface area (Å²) in [6.07, 6.45) is -4.77. The summed E-state index contributed by atoms with van der Waals surface area (Å²) in [6.45, 7) is -3.22. The SMILES string of the molecule is CS(=N)(=O)N[C@@H]1[C@H](Cc2cccc(-c3cc(F)cc(F)c3)c2F)N(C(=O)NCC(F)(F)F)CC1(F)F. The van der Waals surface area contributed by atoms with Gasteiger partial charge in [0.1, 0.15) is 40.0 Å². The molecule has 198 valence electrons. The molecule has 0 radical (unpaired) electrons. The van der Waals surface area contributed by atoms with Crippen LogP contribution in [0.1, 0.15) is 5.56 Å².